The van der Waals surface area contributed by atoms with Crippen LogP contribution in [0.15, 0.2) is 24.4 Å². The summed E-state index contributed by atoms with van der Waals surface area (Å²) in [5, 5.41) is 8.09. The van der Waals surface area contributed by atoms with Crippen LogP contribution in [-0.4, -0.2) is 22.1 Å². The molecule has 2 heterocycles. The van der Waals surface area contributed by atoms with Crippen molar-refractivity contribution in [2.24, 2.45) is 7.05 Å². The summed E-state index contributed by atoms with van der Waals surface area (Å²) in [4.78, 5) is 0. The molecule has 1 N–H and O–H groups in total. The van der Waals surface area contributed by atoms with E-state index in [2.05, 4.69) is 37.4 Å². The number of aromatic nitrogens is 2. The quantitative estimate of drug-likeness (QED) is 0.943. The van der Waals surface area contributed by atoms with E-state index in [0.717, 1.165) is 29.3 Å². The second-order valence-corrected chi connectivity index (χ2v) is 6.35. The Kier molecular flexibility index (Phi) is 3.37. The van der Waals surface area contributed by atoms with Gasteiger partial charge in [0, 0.05) is 36.5 Å². The van der Waals surface area contributed by atoms with Gasteiger partial charge in [-0.05, 0) is 39.0 Å². The molecule has 1 aliphatic heterocycles. The minimum absolute atomic E-state index is 0.0714. The van der Waals surface area contributed by atoms with E-state index in [0.29, 0.717) is 6.79 Å². The van der Waals surface area contributed by atoms with E-state index in [9.17, 15) is 0 Å². The summed E-state index contributed by atoms with van der Waals surface area (Å²) in [7, 11) is 1.94. The molecular weight excluding hydrogens is 266 g/mol. The van der Waals surface area contributed by atoms with Gasteiger partial charge in [-0.3, -0.25) is 4.68 Å². The molecule has 5 heteroatoms. The standard InChI is InChI=1S/C16H21N3O2/c1-16(2,3)17-8-12-9-19(4)18-15(12)11-5-6-13-14(7-11)21-10-20-13/h5-7,9,17H,8,10H2,1-4H3. The number of benzene rings is 1. The molecule has 1 aromatic heterocycles. The molecule has 3 rings (SSSR count). The largest absolute Gasteiger partial charge is 0.454 e. The molecule has 21 heavy (non-hydrogen) atoms. The van der Waals surface area contributed by atoms with Crippen LogP contribution in [0.2, 0.25) is 0 Å². The Balaban J connectivity index is 1.91. The molecule has 0 atom stereocenters. The minimum atomic E-state index is 0.0714. The first-order valence-electron chi connectivity index (χ1n) is 7.10. The van der Waals surface area contributed by atoms with E-state index in [-0.39, 0.29) is 5.54 Å². The fourth-order valence-corrected chi connectivity index (χ4v) is 2.31. The van der Waals surface area contributed by atoms with Crippen molar-refractivity contribution in [2.75, 3.05) is 6.79 Å². The van der Waals surface area contributed by atoms with Gasteiger partial charge in [0.15, 0.2) is 11.5 Å². The molecule has 112 valence electrons. The molecule has 0 aliphatic carbocycles. The average molecular weight is 287 g/mol. The topological polar surface area (TPSA) is 48.3 Å². The number of hydrogen-bond donors (Lipinski definition) is 1. The molecule has 1 aromatic carbocycles. The van der Waals surface area contributed by atoms with Gasteiger partial charge < -0.3 is 14.8 Å². The highest BCUT2D eigenvalue weighted by molar-refractivity contribution is 5.67. The van der Waals surface area contributed by atoms with E-state index in [1.165, 1.54) is 5.56 Å². The van der Waals surface area contributed by atoms with Crippen molar-refractivity contribution in [3.63, 3.8) is 0 Å². The van der Waals surface area contributed by atoms with Crippen LogP contribution in [0.1, 0.15) is 26.3 Å². The van der Waals surface area contributed by atoms with Gasteiger partial charge in [0.2, 0.25) is 6.79 Å². The zero-order valence-electron chi connectivity index (χ0n) is 12.9. The van der Waals surface area contributed by atoms with Gasteiger partial charge in [-0.1, -0.05) is 0 Å². The van der Waals surface area contributed by atoms with Crippen molar-refractivity contribution in [3.8, 4) is 22.8 Å². The molecule has 0 amide bonds. The van der Waals surface area contributed by atoms with E-state index >= 15 is 0 Å². The monoisotopic (exact) mass is 287 g/mol. The van der Waals surface area contributed by atoms with Gasteiger partial charge in [0.25, 0.3) is 0 Å². The van der Waals surface area contributed by atoms with Gasteiger partial charge >= 0.3 is 0 Å². The molecule has 0 bridgehead atoms. The van der Waals surface area contributed by atoms with E-state index in [4.69, 9.17) is 9.47 Å². The molecule has 0 fully saturated rings. The third kappa shape index (κ3) is 3.03. The third-order valence-corrected chi connectivity index (χ3v) is 3.36. The van der Waals surface area contributed by atoms with Crippen molar-refractivity contribution >= 4 is 0 Å². The number of hydrogen-bond acceptors (Lipinski definition) is 4. The molecule has 0 saturated carbocycles. The highest BCUT2D eigenvalue weighted by Gasteiger charge is 2.18. The lowest BCUT2D eigenvalue weighted by Crippen LogP contribution is -2.35. The summed E-state index contributed by atoms with van der Waals surface area (Å²) in [6, 6.07) is 5.95. The summed E-state index contributed by atoms with van der Waals surface area (Å²) < 4.78 is 12.7. The molecule has 0 unspecified atom stereocenters. The molecule has 0 spiro atoms. The lowest BCUT2D eigenvalue weighted by molar-refractivity contribution is 0.174. The Morgan fingerprint density at radius 2 is 2.00 bits per heavy atom. The maximum atomic E-state index is 5.45. The molecule has 1 aliphatic rings. The van der Waals surface area contributed by atoms with E-state index < -0.39 is 0 Å². The summed E-state index contributed by atoms with van der Waals surface area (Å²) >= 11 is 0. The maximum Gasteiger partial charge on any atom is 0.231 e. The van der Waals surface area contributed by atoms with Gasteiger partial charge in [-0.25, -0.2) is 0 Å². The first-order valence-corrected chi connectivity index (χ1v) is 7.10. The first kappa shape index (κ1) is 13.9. The van der Waals surface area contributed by atoms with E-state index in [1.54, 1.807) is 0 Å². The van der Waals surface area contributed by atoms with Gasteiger partial charge in [0.05, 0.1) is 5.69 Å². The van der Waals surface area contributed by atoms with Crippen molar-refractivity contribution in [3.05, 3.63) is 30.0 Å². The summed E-state index contributed by atoms with van der Waals surface area (Å²) in [5.41, 5.74) is 3.27. The van der Waals surface area contributed by atoms with Gasteiger partial charge in [-0.15, -0.1) is 0 Å². The number of ether oxygens (including phenoxy) is 2. The van der Waals surface area contributed by atoms with Crippen molar-refractivity contribution in [1.82, 2.24) is 15.1 Å². The van der Waals surface area contributed by atoms with Crippen LogP contribution in [0.5, 0.6) is 11.5 Å². The Labute approximate surface area is 124 Å². The van der Waals surface area contributed by atoms with Crippen LogP contribution < -0.4 is 14.8 Å². The molecular formula is C16H21N3O2. The smallest absolute Gasteiger partial charge is 0.231 e. The van der Waals surface area contributed by atoms with Crippen molar-refractivity contribution in [1.29, 1.82) is 0 Å². The number of fused-ring (bicyclic) bond motifs is 1. The number of nitrogens with zero attached hydrogens (tertiary/aromatic N) is 2. The first-order chi connectivity index (χ1) is 9.92. The van der Waals surface area contributed by atoms with Gasteiger partial charge in [0.1, 0.15) is 0 Å². The second kappa shape index (κ2) is 5.07. The number of aryl methyl sites for hydroxylation is 1. The minimum Gasteiger partial charge on any atom is -0.454 e. The van der Waals surface area contributed by atoms with Crippen molar-refractivity contribution < 1.29 is 9.47 Å². The fraction of sp³-hybridized carbons (Fsp3) is 0.438. The summed E-state index contributed by atoms with van der Waals surface area (Å²) in [6.45, 7) is 7.54. The molecule has 0 radical (unpaired) electrons. The predicted molar refractivity (Wildman–Crippen MR) is 81.4 cm³/mol. The molecule has 5 nitrogen and oxygen atoms in total. The highest BCUT2D eigenvalue weighted by Crippen LogP contribution is 2.36. The number of nitrogens with one attached hydrogen (secondary N) is 1. The maximum absolute atomic E-state index is 5.45. The Bertz CT molecular complexity index is 656. The normalized spacial score (nSPS) is 13.7. The number of rotatable bonds is 3. The Morgan fingerprint density at radius 3 is 2.76 bits per heavy atom. The zero-order valence-corrected chi connectivity index (χ0v) is 12.9. The summed E-state index contributed by atoms with van der Waals surface area (Å²) in [5.74, 6) is 1.58. The predicted octanol–water partition coefficient (Wildman–Crippen LogP) is 2.70. The van der Waals surface area contributed by atoms with Crippen LogP contribution in [0.3, 0.4) is 0 Å². The van der Waals surface area contributed by atoms with Crippen LogP contribution in [0, 0.1) is 0 Å². The van der Waals surface area contributed by atoms with Crippen LogP contribution in [0.4, 0.5) is 0 Å². The summed E-state index contributed by atoms with van der Waals surface area (Å²) in [6.07, 6.45) is 2.05. The second-order valence-electron chi connectivity index (χ2n) is 6.35. The lowest BCUT2D eigenvalue weighted by atomic mass is 10.1. The highest BCUT2D eigenvalue weighted by atomic mass is 16.7. The van der Waals surface area contributed by atoms with Crippen molar-refractivity contribution in [2.45, 2.75) is 32.9 Å². The van der Waals surface area contributed by atoms with Crippen LogP contribution in [-0.2, 0) is 13.6 Å². The Morgan fingerprint density at radius 1 is 1.24 bits per heavy atom. The Hall–Kier alpha value is -2.01. The fourth-order valence-electron chi connectivity index (χ4n) is 2.31. The van der Waals surface area contributed by atoms with Crippen LogP contribution >= 0.6 is 0 Å². The molecule has 0 saturated heterocycles. The third-order valence-electron chi connectivity index (χ3n) is 3.36. The average Bonchev–Trinajstić information content (AvgIpc) is 3.00. The van der Waals surface area contributed by atoms with Gasteiger partial charge in [-0.2, -0.15) is 5.10 Å². The molecule has 2 aromatic rings. The van der Waals surface area contributed by atoms with Crippen LogP contribution in [0.25, 0.3) is 11.3 Å². The van der Waals surface area contributed by atoms with E-state index in [1.807, 2.05) is 29.9 Å². The lowest BCUT2D eigenvalue weighted by Gasteiger charge is -2.20. The SMILES string of the molecule is Cn1cc(CNC(C)(C)C)c(-c2ccc3c(c2)OCO3)n1. The zero-order chi connectivity index (χ0) is 15.0.